The molecule has 2 aromatic rings. The second kappa shape index (κ2) is 6.34. The highest BCUT2D eigenvalue weighted by molar-refractivity contribution is 5.92. The molecule has 1 aliphatic heterocycles. The van der Waals surface area contributed by atoms with Crippen molar-refractivity contribution in [2.75, 3.05) is 0 Å². The molecular weight excluding hydrogens is 339 g/mol. The maximum Gasteiger partial charge on any atom is 0.417 e. The van der Waals surface area contributed by atoms with E-state index in [9.17, 15) is 22.8 Å². The lowest BCUT2D eigenvalue weighted by atomic mass is 10.1. The Hall–Kier alpha value is -2.65. The summed E-state index contributed by atoms with van der Waals surface area (Å²) in [4.78, 5) is 27.7. The molecule has 0 spiro atoms. The van der Waals surface area contributed by atoms with E-state index < -0.39 is 17.6 Å². The van der Waals surface area contributed by atoms with Crippen LogP contribution >= 0.6 is 0 Å². The maximum absolute atomic E-state index is 12.5. The van der Waals surface area contributed by atoms with Crippen molar-refractivity contribution in [1.29, 1.82) is 0 Å². The normalized spacial score (nSPS) is 17.7. The summed E-state index contributed by atoms with van der Waals surface area (Å²) in [6.45, 7) is 0.424. The summed E-state index contributed by atoms with van der Waals surface area (Å²) in [6.07, 6.45) is -2.20. The number of alkyl halides is 3. The van der Waals surface area contributed by atoms with Gasteiger partial charge < -0.3 is 5.32 Å². The van der Waals surface area contributed by atoms with Gasteiger partial charge in [0, 0.05) is 32.3 Å². The quantitative estimate of drug-likeness (QED) is 0.876. The fourth-order valence-corrected chi connectivity index (χ4v) is 2.80. The molecule has 0 saturated carbocycles. The first-order valence-electron chi connectivity index (χ1n) is 7.72. The number of amides is 1. The second-order valence-electron chi connectivity index (χ2n) is 5.90. The molecule has 7 nitrogen and oxygen atoms in total. The molecule has 134 valence electrons. The van der Waals surface area contributed by atoms with E-state index in [1.807, 2.05) is 0 Å². The van der Waals surface area contributed by atoms with Crippen LogP contribution in [0.25, 0.3) is 0 Å². The molecule has 0 aliphatic carbocycles. The van der Waals surface area contributed by atoms with Crippen LogP contribution in [0.1, 0.15) is 34.7 Å². The molecule has 1 N–H and O–H groups in total. The number of hydrogen-bond donors (Lipinski definition) is 1. The van der Waals surface area contributed by atoms with Gasteiger partial charge in [-0.1, -0.05) is 0 Å². The summed E-state index contributed by atoms with van der Waals surface area (Å²) in [5.41, 5.74) is -1.18. The number of carbonyl (C=O) groups is 1. The lowest BCUT2D eigenvalue weighted by Crippen LogP contribution is -2.36. The van der Waals surface area contributed by atoms with Gasteiger partial charge >= 0.3 is 11.9 Å². The van der Waals surface area contributed by atoms with Crippen molar-refractivity contribution in [3.8, 4) is 0 Å². The molecular formula is C15H16F3N5O2. The smallest absolute Gasteiger partial charge is 0.348 e. The number of nitrogens with zero attached hydrogens (tertiary/aromatic N) is 4. The number of nitrogens with one attached hydrogen (secondary N) is 1. The molecule has 0 radical (unpaired) electrons. The van der Waals surface area contributed by atoms with Crippen LogP contribution in [-0.2, 0) is 26.2 Å². The molecule has 0 aromatic carbocycles. The number of halogens is 3. The Labute approximate surface area is 140 Å². The summed E-state index contributed by atoms with van der Waals surface area (Å²) >= 11 is 0. The van der Waals surface area contributed by atoms with E-state index in [-0.39, 0.29) is 17.4 Å². The van der Waals surface area contributed by atoms with Crippen molar-refractivity contribution in [3.63, 3.8) is 0 Å². The first-order chi connectivity index (χ1) is 11.8. The van der Waals surface area contributed by atoms with Crippen molar-refractivity contribution >= 4 is 5.91 Å². The lowest BCUT2D eigenvalue weighted by Gasteiger charge is -2.16. The van der Waals surface area contributed by atoms with Crippen LogP contribution in [0.15, 0.2) is 23.1 Å². The van der Waals surface area contributed by atoms with E-state index in [1.165, 1.54) is 4.68 Å². The number of aryl methyl sites for hydroxylation is 2. The van der Waals surface area contributed by atoms with Gasteiger partial charge in [0.1, 0.15) is 11.5 Å². The van der Waals surface area contributed by atoms with Crippen LogP contribution in [-0.4, -0.2) is 31.3 Å². The van der Waals surface area contributed by atoms with Crippen LogP contribution in [0.3, 0.4) is 0 Å². The number of pyridine rings is 1. The van der Waals surface area contributed by atoms with Crippen molar-refractivity contribution < 1.29 is 18.0 Å². The molecule has 3 rings (SSSR count). The molecule has 0 bridgehead atoms. The average molecular weight is 355 g/mol. The van der Waals surface area contributed by atoms with E-state index in [2.05, 4.69) is 15.4 Å². The SMILES string of the molecule is Cn1nc2n(c1=O)CCC(NC(=O)c1ccc(C(F)(F)F)cn1)CC2. The van der Waals surface area contributed by atoms with E-state index in [0.29, 0.717) is 37.8 Å². The number of fused-ring (bicyclic) bond motifs is 1. The number of rotatable bonds is 2. The Morgan fingerprint density at radius 1 is 1.32 bits per heavy atom. The third-order valence-electron chi connectivity index (χ3n) is 4.16. The molecule has 1 aliphatic rings. The minimum absolute atomic E-state index is 0.0779. The van der Waals surface area contributed by atoms with Crippen LogP contribution < -0.4 is 11.0 Å². The topological polar surface area (TPSA) is 81.8 Å². The third-order valence-corrected chi connectivity index (χ3v) is 4.16. The molecule has 1 amide bonds. The molecule has 0 saturated heterocycles. The highest BCUT2D eigenvalue weighted by Gasteiger charge is 2.31. The second-order valence-corrected chi connectivity index (χ2v) is 5.90. The number of aromatic nitrogens is 4. The standard InChI is InChI=1S/C15H16F3N5O2/c1-22-14(25)23-7-6-10(3-5-12(23)21-22)20-13(24)11-4-2-9(8-19-11)15(16,17)18/h2,4,8,10H,3,5-7H2,1H3,(H,20,24). The average Bonchev–Trinajstić information content (AvgIpc) is 2.72. The van der Waals surface area contributed by atoms with Crippen LogP contribution in [0.4, 0.5) is 13.2 Å². The molecule has 25 heavy (non-hydrogen) atoms. The molecule has 10 heteroatoms. The minimum Gasteiger partial charge on any atom is -0.348 e. The first-order valence-corrected chi connectivity index (χ1v) is 7.72. The van der Waals surface area contributed by atoms with Gasteiger partial charge in [-0.15, -0.1) is 0 Å². The fraction of sp³-hybridized carbons (Fsp3) is 0.467. The van der Waals surface area contributed by atoms with Crippen LogP contribution in [0.2, 0.25) is 0 Å². The zero-order chi connectivity index (χ0) is 18.2. The van der Waals surface area contributed by atoms with Gasteiger partial charge in [-0.25, -0.2) is 9.48 Å². The van der Waals surface area contributed by atoms with Crippen molar-refractivity contribution in [3.05, 3.63) is 45.9 Å². The highest BCUT2D eigenvalue weighted by atomic mass is 19.4. The molecule has 1 atom stereocenters. The predicted molar refractivity (Wildman–Crippen MR) is 80.9 cm³/mol. The Morgan fingerprint density at radius 3 is 2.72 bits per heavy atom. The van der Waals surface area contributed by atoms with Gasteiger partial charge in [0.2, 0.25) is 0 Å². The van der Waals surface area contributed by atoms with Gasteiger partial charge in [0.05, 0.1) is 5.56 Å². The fourth-order valence-electron chi connectivity index (χ4n) is 2.80. The Balaban J connectivity index is 1.65. The molecule has 0 fully saturated rings. The van der Waals surface area contributed by atoms with Crippen LogP contribution in [0, 0.1) is 0 Å². The zero-order valence-corrected chi connectivity index (χ0v) is 13.4. The van der Waals surface area contributed by atoms with Crippen molar-refractivity contribution in [2.45, 2.75) is 38.0 Å². The van der Waals surface area contributed by atoms with Gasteiger partial charge in [0.25, 0.3) is 5.91 Å². The molecule has 2 aromatic heterocycles. The Kier molecular flexibility index (Phi) is 4.36. The van der Waals surface area contributed by atoms with Gasteiger partial charge in [0.15, 0.2) is 0 Å². The van der Waals surface area contributed by atoms with E-state index >= 15 is 0 Å². The number of hydrogen-bond acceptors (Lipinski definition) is 4. The molecule has 3 heterocycles. The Bertz CT molecular complexity index is 838. The third kappa shape index (κ3) is 3.57. The number of carbonyl (C=O) groups excluding carboxylic acids is 1. The van der Waals surface area contributed by atoms with Gasteiger partial charge in [-0.3, -0.25) is 14.3 Å². The summed E-state index contributed by atoms with van der Waals surface area (Å²) in [6, 6.07) is 1.67. The monoisotopic (exact) mass is 355 g/mol. The van der Waals surface area contributed by atoms with Gasteiger partial charge in [-0.05, 0) is 25.0 Å². The Morgan fingerprint density at radius 2 is 2.08 bits per heavy atom. The van der Waals surface area contributed by atoms with E-state index in [4.69, 9.17) is 0 Å². The van der Waals surface area contributed by atoms with E-state index in [1.54, 1.807) is 11.6 Å². The summed E-state index contributed by atoms with van der Waals surface area (Å²) in [5, 5.41) is 6.91. The van der Waals surface area contributed by atoms with Crippen molar-refractivity contribution in [1.82, 2.24) is 24.6 Å². The van der Waals surface area contributed by atoms with Crippen LogP contribution in [0.5, 0.6) is 0 Å². The summed E-state index contributed by atoms with van der Waals surface area (Å²) in [5.74, 6) is 0.128. The first kappa shape index (κ1) is 17.2. The summed E-state index contributed by atoms with van der Waals surface area (Å²) in [7, 11) is 1.58. The largest absolute Gasteiger partial charge is 0.417 e. The van der Waals surface area contributed by atoms with E-state index in [0.717, 1.165) is 12.1 Å². The maximum atomic E-state index is 12.5. The minimum atomic E-state index is -4.49. The highest BCUT2D eigenvalue weighted by Crippen LogP contribution is 2.28. The summed E-state index contributed by atoms with van der Waals surface area (Å²) < 4.78 is 40.4. The van der Waals surface area contributed by atoms with Gasteiger partial charge in [-0.2, -0.15) is 18.3 Å². The lowest BCUT2D eigenvalue weighted by molar-refractivity contribution is -0.137. The zero-order valence-electron chi connectivity index (χ0n) is 13.4. The van der Waals surface area contributed by atoms with Crippen molar-refractivity contribution in [2.24, 2.45) is 7.05 Å². The predicted octanol–water partition coefficient (Wildman–Crippen LogP) is 1.13. The molecule has 1 unspecified atom stereocenters.